The van der Waals surface area contributed by atoms with Gasteiger partial charge in [-0.25, -0.2) is 14.8 Å². The minimum atomic E-state index is -5.39. The van der Waals surface area contributed by atoms with Crippen molar-refractivity contribution in [3.8, 4) is 11.4 Å². The van der Waals surface area contributed by atoms with Crippen LogP contribution in [0, 0.1) is 5.95 Å². The topological polar surface area (TPSA) is 103 Å². The fourth-order valence-corrected chi connectivity index (χ4v) is 3.23. The third-order valence-electron chi connectivity index (χ3n) is 4.37. The predicted molar refractivity (Wildman–Crippen MR) is 98.4 cm³/mol. The summed E-state index contributed by atoms with van der Waals surface area (Å²) in [5, 5.41) is -0.558. The summed E-state index contributed by atoms with van der Waals surface area (Å²) >= 11 is 6.08. The molecule has 0 radical (unpaired) electrons. The average Bonchev–Trinajstić information content (AvgIpc) is 2.89. The number of halogens is 5. The molecule has 0 aromatic carbocycles. The van der Waals surface area contributed by atoms with E-state index >= 15 is 0 Å². The lowest BCUT2D eigenvalue weighted by atomic mass is 10.2. The van der Waals surface area contributed by atoms with E-state index in [-0.39, 0.29) is 22.2 Å². The second kappa shape index (κ2) is 8.56. The van der Waals surface area contributed by atoms with E-state index < -0.39 is 34.5 Å². The van der Waals surface area contributed by atoms with Crippen molar-refractivity contribution in [2.75, 3.05) is 18.0 Å². The van der Waals surface area contributed by atoms with Gasteiger partial charge in [-0.2, -0.15) is 17.6 Å². The van der Waals surface area contributed by atoms with Crippen molar-refractivity contribution in [3.05, 3.63) is 39.7 Å². The zero-order chi connectivity index (χ0) is 22.1. The summed E-state index contributed by atoms with van der Waals surface area (Å²) in [4.78, 5) is 37.4. The summed E-state index contributed by atoms with van der Waals surface area (Å²) in [6.07, 6.45) is -2.09. The maximum Gasteiger partial charge on any atom is 0.493 e. The monoisotopic (exact) mass is 449 g/mol. The molecule has 13 heteroatoms. The molecule has 8 nitrogen and oxygen atoms in total. The van der Waals surface area contributed by atoms with Crippen LogP contribution < -0.4 is 21.0 Å². The van der Waals surface area contributed by atoms with Gasteiger partial charge < -0.3 is 15.5 Å². The maximum absolute atomic E-state index is 13.6. The molecule has 1 aliphatic rings. The van der Waals surface area contributed by atoms with Gasteiger partial charge in [0.25, 0.3) is 0 Å². The third-order valence-corrected chi connectivity index (χ3v) is 4.70. The molecule has 0 amide bonds. The molecule has 1 aliphatic heterocycles. The summed E-state index contributed by atoms with van der Waals surface area (Å²) in [6, 6.07) is 1.78. The smallest absolute Gasteiger partial charge is 0.354 e. The SMILES string of the molecule is N[C@@H]1CCCCN(c2nc(-c3ccnc(F)c3)n(OC(=O)C(F)(F)F)c(=O)c2Cl)C1. The van der Waals surface area contributed by atoms with E-state index in [0.717, 1.165) is 31.5 Å². The highest BCUT2D eigenvalue weighted by Crippen LogP contribution is 2.27. The van der Waals surface area contributed by atoms with Crippen molar-refractivity contribution in [1.29, 1.82) is 0 Å². The van der Waals surface area contributed by atoms with Crippen molar-refractivity contribution < 1.29 is 27.2 Å². The molecule has 3 heterocycles. The number of nitrogens with zero attached hydrogens (tertiary/aromatic N) is 4. The molecule has 2 aromatic heterocycles. The zero-order valence-corrected chi connectivity index (χ0v) is 16.1. The largest absolute Gasteiger partial charge is 0.493 e. The van der Waals surface area contributed by atoms with Crippen LogP contribution in [0.15, 0.2) is 23.1 Å². The number of hydrogen-bond acceptors (Lipinski definition) is 7. The number of aromatic nitrogens is 3. The lowest BCUT2D eigenvalue weighted by Crippen LogP contribution is -2.42. The van der Waals surface area contributed by atoms with Gasteiger partial charge >= 0.3 is 17.7 Å². The quantitative estimate of drug-likeness (QED) is 0.564. The summed E-state index contributed by atoms with van der Waals surface area (Å²) in [6.45, 7) is 0.735. The Hall–Kier alpha value is -2.73. The van der Waals surface area contributed by atoms with Gasteiger partial charge in [-0.15, -0.1) is 4.73 Å². The van der Waals surface area contributed by atoms with Crippen LogP contribution in [-0.2, 0) is 4.79 Å². The van der Waals surface area contributed by atoms with Crippen LogP contribution in [0.5, 0.6) is 0 Å². The average molecular weight is 450 g/mol. The summed E-state index contributed by atoms with van der Waals surface area (Å²) in [5.41, 5.74) is 4.61. The minimum absolute atomic E-state index is 0.00577. The molecule has 2 aromatic rings. The first-order valence-corrected chi connectivity index (χ1v) is 9.20. The number of hydrogen-bond donors (Lipinski definition) is 1. The molecule has 0 saturated carbocycles. The summed E-state index contributed by atoms with van der Waals surface area (Å²) in [5.74, 6) is -4.24. The van der Waals surface area contributed by atoms with E-state index in [1.54, 1.807) is 4.90 Å². The first-order valence-electron chi connectivity index (χ1n) is 8.82. The van der Waals surface area contributed by atoms with Gasteiger partial charge in [0.15, 0.2) is 16.7 Å². The van der Waals surface area contributed by atoms with E-state index in [9.17, 15) is 27.2 Å². The molecule has 1 saturated heterocycles. The highest BCUT2D eigenvalue weighted by molar-refractivity contribution is 6.32. The van der Waals surface area contributed by atoms with Crippen molar-refractivity contribution in [1.82, 2.24) is 14.7 Å². The molecule has 0 unspecified atom stereocenters. The normalized spacial score (nSPS) is 17.5. The summed E-state index contributed by atoms with van der Waals surface area (Å²) in [7, 11) is 0. The molecule has 0 aliphatic carbocycles. The Labute approximate surface area is 172 Å². The Kier molecular flexibility index (Phi) is 6.27. The Morgan fingerprint density at radius 1 is 1.33 bits per heavy atom. The highest BCUT2D eigenvalue weighted by Gasteiger charge is 2.43. The lowest BCUT2D eigenvalue weighted by molar-refractivity contribution is -0.200. The molecular formula is C17H16ClF4N5O3. The standard InChI is InChI=1S/C17H16ClF4N5O3/c18-12-14(26-6-2-1-3-10(23)8-26)25-13(9-4-5-24-11(19)7-9)27(15(12)28)30-16(29)17(20,21)22/h4-5,7,10H,1-3,6,8,23H2/t10-/m1/s1. The van der Waals surface area contributed by atoms with Crippen LogP contribution in [0.1, 0.15) is 19.3 Å². The Balaban J connectivity index is 2.18. The lowest BCUT2D eigenvalue weighted by Gasteiger charge is -2.25. The van der Waals surface area contributed by atoms with Gasteiger partial charge in [-0.3, -0.25) is 4.79 Å². The van der Waals surface area contributed by atoms with Crippen LogP contribution in [0.4, 0.5) is 23.4 Å². The molecule has 2 N–H and O–H groups in total. The van der Waals surface area contributed by atoms with Crippen LogP contribution >= 0.6 is 11.6 Å². The number of anilines is 1. The molecular weight excluding hydrogens is 434 g/mol. The first kappa shape index (κ1) is 22.0. The van der Waals surface area contributed by atoms with Crippen molar-refractivity contribution >= 4 is 23.4 Å². The van der Waals surface area contributed by atoms with Crippen molar-refractivity contribution in [3.63, 3.8) is 0 Å². The van der Waals surface area contributed by atoms with Gasteiger partial charge in [0.2, 0.25) is 5.95 Å². The Morgan fingerprint density at radius 3 is 2.73 bits per heavy atom. The molecule has 1 atom stereocenters. The Bertz CT molecular complexity index is 1010. The predicted octanol–water partition coefficient (Wildman–Crippen LogP) is 1.93. The van der Waals surface area contributed by atoms with E-state index in [4.69, 9.17) is 17.3 Å². The maximum atomic E-state index is 13.6. The van der Waals surface area contributed by atoms with Crippen molar-refractivity contribution in [2.24, 2.45) is 5.73 Å². The number of alkyl halides is 3. The van der Waals surface area contributed by atoms with Crippen LogP contribution in [0.3, 0.4) is 0 Å². The summed E-state index contributed by atoms with van der Waals surface area (Å²) < 4.78 is 51.7. The second-order valence-electron chi connectivity index (χ2n) is 6.62. The molecule has 0 spiro atoms. The molecule has 162 valence electrons. The molecule has 0 bridgehead atoms. The number of carbonyl (C=O) groups excluding carboxylic acids is 1. The second-order valence-corrected chi connectivity index (χ2v) is 7.00. The Morgan fingerprint density at radius 2 is 2.07 bits per heavy atom. The third kappa shape index (κ3) is 4.70. The number of rotatable bonds is 3. The van der Waals surface area contributed by atoms with E-state index in [0.29, 0.717) is 13.1 Å². The zero-order valence-electron chi connectivity index (χ0n) is 15.3. The number of carbonyl (C=O) groups is 1. The molecule has 1 fully saturated rings. The van der Waals surface area contributed by atoms with Crippen molar-refractivity contribution in [2.45, 2.75) is 31.5 Å². The molecule has 30 heavy (non-hydrogen) atoms. The first-order chi connectivity index (χ1) is 14.1. The number of nitrogens with two attached hydrogens (primary N) is 1. The van der Waals surface area contributed by atoms with Crippen LogP contribution in [-0.4, -0.2) is 46.0 Å². The minimum Gasteiger partial charge on any atom is -0.354 e. The highest BCUT2D eigenvalue weighted by atomic mass is 35.5. The number of pyridine rings is 1. The van der Waals surface area contributed by atoms with Gasteiger partial charge in [-0.05, 0) is 18.9 Å². The van der Waals surface area contributed by atoms with Crippen LogP contribution in [0.25, 0.3) is 11.4 Å². The van der Waals surface area contributed by atoms with E-state index in [2.05, 4.69) is 14.8 Å². The van der Waals surface area contributed by atoms with Gasteiger partial charge in [0, 0.05) is 37.0 Å². The van der Waals surface area contributed by atoms with E-state index in [1.165, 1.54) is 6.07 Å². The van der Waals surface area contributed by atoms with E-state index in [1.807, 2.05) is 0 Å². The van der Waals surface area contributed by atoms with Crippen LogP contribution in [0.2, 0.25) is 5.02 Å². The fraction of sp³-hybridized carbons (Fsp3) is 0.412. The fourth-order valence-electron chi connectivity index (χ4n) is 3.00. The van der Waals surface area contributed by atoms with Gasteiger partial charge in [0.05, 0.1) is 0 Å². The van der Waals surface area contributed by atoms with Gasteiger partial charge in [0.1, 0.15) is 0 Å². The molecule has 3 rings (SSSR count). The van der Waals surface area contributed by atoms with Gasteiger partial charge in [-0.1, -0.05) is 18.0 Å².